The van der Waals surface area contributed by atoms with Crippen LogP contribution in [0, 0.1) is 18.8 Å². The van der Waals surface area contributed by atoms with E-state index in [0.717, 1.165) is 39.2 Å². The Hall–Kier alpha value is -4.35. The molecule has 0 radical (unpaired) electrons. The van der Waals surface area contributed by atoms with E-state index >= 15 is 0 Å². The third-order valence-corrected chi connectivity index (χ3v) is 6.61. The van der Waals surface area contributed by atoms with E-state index in [0.29, 0.717) is 32.0 Å². The fourth-order valence-corrected chi connectivity index (χ4v) is 4.49. The van der Waals surface area contributed by atoms with Crippen LogP contribution in [-0.4, -0.2) is 44.5 Å². The Morgan fingerprint density at radius 1 is 1.10 bits per heavy atom. The van der Waals surface area contributed by atoms with Gasteiger partial charge in [0.2, 0.25) is 0 Å². The van der Waals surface area contributed by atoms with Crippen LogP contribution in [0.4, 0.5) is 0 Å². The van der Waals surface area contributed by atoms with Gasteiger partial charge in [0, 0.05) is 23.7 Å². The molecule has 0 bridgehead atoms. The predicted octanol–water partition coefficient (Wildman–Crippen LogP) is 5.88. The van der Waals surface area contributed by atoms with E-state index in [-0.39, 0.29) is 18.3 Å². The molecule has 1 unspecified atom stereocenters. The van der Waals surface area contributed by atoms with Gasteiger partial charge in [-0.2, -0.15) is 5.10 Å². The second-order valence-electron chi connectivity index (χ2n) is 10.5. The summed E-state index contributed by atoms with van der Waals surface area (Å²) in [4.78, 5) is 16.4. The Bertz CT molecular complexity index is 1540. The number of esters is 1. The molecule has 8 heteroatoms. The lowest BCUT2D eigenvalue weighted by Crippen LogP contribution is -2.21. The fourth-order valence-electron chi connectivity index (χ4n) is 4.49. The lowest BCUT2D eigenvalue weighted by molar-refractivity contribution is -0.143. The molecule has 2 aromatic carbocycles. The molecule has 8 nitrogen and oxygen atoms in total. The summed E-state index contributed by atoms with van der Waals surface area (Å²) in [5, 5.41) is 14.3. The van der Waals surface area contributed by atoms with Gasteiger partial charge in [0.1, 0.15) is 24.4 Å². The van der Waals surface area contributed by atoms with Gasteiger partial charge in [0.05, 0.1) is 31.2 Å². The number of aliphatic hydroxyl groups is 1. The van der Waals surface area contributed by atoms with Crippen LogP contribution in [0.2, 0.25) is 0 Å². The number of fused-ring (bicyclic) bond motifs is 1. The number of hydrogen-bond acceptors (Lipinski definition) is 7. The Labute approximate surface area is 241 Å². The van der Waals surface area contributed by atoms with Gasteiger partial charge >= 0.3 is 5.97 Å². The molecule has 0 aliphatic rings. The molecule has 0 aliphatic heterocycles. The topological polar surface area (TPSA) is 95.2 Å². The minimum atomic E-state index is -0.765. The number of aryl methyl sites for hydroxylation is 1. The minimum absolute atomic E-state index is 0.208. The van der Waals surface area contributed by atoms with Gasteiger partial charge in [-0.1, -0.05) is 24.1 Å². The van der Waals surface area contributed by atoms with Gasteiger partial charge in [-0.05, 0) is 81.6 Å². The zero-order chi connectivity index (χ0) is 29.4. The van der Waals surface area contributed by atoms with E-state index in [4.69, 9.17) is 14.2 Å². The zero-order valence-electron chi connectivity index (χ0n) is 24.3. The quantitative estimate of drug-likeness (QED) is 0.172. The van der Waals surface area contributed by atoms with E-state index < -0.39 is 5.60 Å². The van der Waals surface area contributed by atoms with Gasteiger partial charge in [0.25, 0.3) is 0 Å². The molecule has 2 aromatic heterocycles. The van der Waals surface area contributed by atoms with Gasteiger partial charge in [-0.25, -0.2) is 9.50 Å². The largest absolute Gasteiger partial charge is 0.493 e. The number of carbonyl (C=O) groups is 1. The van der Waals surface area contributed by atoms with E-state index in [1.54, 1.807) is 32.2 Å². The maximum atomic E-state index is 12.0. The predicted molar refractivity (Wildman–Crippen MR) is 158 cm³/mol. The van der Waals surface area contributed by atoms with Crippen molar-refractivity contribution >= 4 is 11.6 Å². The molecule has 0 saturated heterocycles. The molecule has 1 atom stereocenters. The van der Waals surface area contributed by atoms with Crippen molar-refractivity contribution in [3.05, 3.63) is 77.7 Å². The highest BCUT2D eigenvalue weighted by atomic mass is 16.5. The summed E-state index contributed by atoms with van der Waals surface area (Å²) in [6.07, 6.45) is 4.24. The average molecular weight is 556 g/mol. The van der Waals surface area contributed by atoms with Crippen LogP contribution in [0.15, 0.2) is 61.1 Å². The van der Waals surface area contributed by atoms with Crippen LogP contribution < -0.4 is 9.47 Å². The molecular weight excluding hydrogens is 518 g/mol. The number of aromatic nitrogens is 3. The van der Waals surface area contributed by atoms with Crippen LogP contribution in [0.1, 0.15) is 63.1 Å². The molecule has 0 saturated carbocycles. The molecule has 0 amide bonds. The van der Waals surface area contributed by atoms with E-state index in [2.05, 4.69) is 28.0 Å². The Morgan fingerprint density at radius 2 is 1.85 bits per heavy atom. The number of nitrogens with zero attached hydrogens (tertiary/aromatic N) is 3. The first-order chi connectivity index (χ1) is 19.7. The third-order valence-electron chi connectivity index (χ3n) is 6.61. The maximum Gasteiger partial charge on any atom is 0.307 e. The molecular formula is C33H37N3O5. The smallest absolute Gasteiger partial charge is 0.307 e. The molecule has 41 heavy (non-hydrogen) atoms. The highest BCUT2D eigenvalue weighted by Crippen LogP contribution is 2.30. The van der Waals surface area contributed by atoms with Crippen LogP contribution >= 0.6 is 0 Å². The molecule has 214 valence electrons. The second kappa shape index (κ2) is 13.3. The number of carbonyl (C=O) groups excluding carboxylic acids is 1. The van der Waals surface area contributed by atoms with Crippen LogP contribution in [0.3, 0.4) is 0 Å². The van der Waals surface area contributed by atoms with Crippen molar-refractivity contribution in [2.45, 2.75) is 65.6 Å². The SMILES string of the molecule is CC#CC(CC(=O)OCC)c1ccc(OCc2cc(-c3ccc(OCCC(C)(C)O)cc3C)cn3ncnc23)cc1. The van der Waals surface area contributed by atoms with Gasteiger partial charge in [0.15, 0.2) is 5.65 Å². The summed E-state index contributed by atoms with van der Waals surface area (Å²) in [6.45, 7) is 10.2. The summed E-state index contributed by atoms with van der Waals surface area (Å²) in [5.41, 5.74) is 4.88. The van der Waals surface area contributed by atoms with Gasteiger partial charge in [-0.3, -0.25) is 4.79 Å². The highest BCUT2D eigenvalue weighted by Gasteiger charge is 2.16. The molecule has 4 aromatic rings. The highest BCUT2D eigenvalue weighted by molar-refractivity contribution is 5.71. The first-order valence-electron chi connectivity index (χ1n) is 13.8. The maximum absolute atomic E-state index is 12.0. The monoisotopic (exact) mass is 555 g/mol. The number of ether oxygens (including phenoxy) is 3. The van der Waals surface area contributed by atoms with Crippen molar-refractivity contribution in [1.82, 2.24) is 14.6 Å². The first kappa shape index (κ1) is 29.6. The molecule has 0 fully saturated rings. The van der Waals surface area contributed by atoms with Crippen LogP contribution in [0.5, 0.6) is 11.5 Å². The van der Waals surface area contributed by atoms with Crippen molar-refractivity contribution in [1.29, 1.82) is 0 Å². The Balaban J connectivity index is 1.49. The van der Waals surface area contributed by atoms with Gasteiger partial charge in [-0.15, -0.1) is 5.92 Å². The summed E-state index contributed by atoms with van der Waals surface area (Å²) in [5.74, 6) is 6.97. The fraction of sp³-hybridized carbons (Fsp3) is 0.364. The standard InChI is InChI=1S/C33H37N3O5/c1-6-8-25(19-31(37)39-7-2)24-9-11-28(12-10-24)41-21-27-18-26(20-36-32(27)34-22-35-36)30-14-13-29(17-23(30)3)40-16-15-33(4,5)38/h9-14,17-18,20,22,25,38H,7,15-16,19,21H2,1-5H3. The van der Waals surface area contributed by atoms with E-state index in [1.165, 1.54) is 6.33 Å². The van der Waals surface area contributed by atoms with Crippen molar-refractivity contribution in [3.63, 3.8) is 0 Å². The van der Waals surface area contributed by atoms with Crippen molar-refractivity contribution in [2.75, 3.05) is 13.2 Å². The van der Waals surface area contributed by atoms with Crippen molar-refractivity contribution < 1.29 is 24.1 Å². The third kappa shape index (κ3) is 8.09. The number of hydrogen-bond donors (Lipinski definition) is 1. The van der Waals surface area contributed by atoms with Crippen molar-refractivity contribution in [3.8, 4) is 34.5 Å². The normalized spacial score (nSPS) is 12.0. The van der Waals surface area contributed by atoms with Crippen LogP contribution in [0.25, 0.3) is 16.8 Å². The molecule has 0 spiro atoms. The lowest BCUT2D eigenvalue weighted by Gasteiger charge is -2.17. The van der Waals surface area contributed by atoms with Crippen molar-refractivity contribution in [2.24, 2.45) is 0 Å². The molecule has 1 N–H and O–H groups in total. The summed E-state index contributed by atoms with van der Waals surface area (Å²) in [7, 11) is 0. The van der Waals surface area contributed by atoms with E-state index in [1.807, 2.05) is 55.6 Å². The summed E-state index contributed by atoms with van der Waals surface area (Å²) < 4.78 is 18.9. The lowest BCUT2D eigenvalue weighted by atomic mass is 9.96. The number of benzene rings is 2. The number of pyridine rings is 1. The van der Waals surface area contributed by atoms with Gasteiger partial charge < -0.3 is 19.3 Å². The average Bonchev–Trinajstić information content (AvgIpc) is 3.40. The molecule has 2 heterocycles. The van der Waals surface area contributed by atoms with E-state index in [9.17, 15) is 9.90 Å². The Kier molecular flexibility index (Phi) is 9.64. The number of rotatable bonds is 12. The minimum Gasteiger partial charge on any atom is -0.493 e. The summed E-state index contributed by atoms with van der Waals surface area (Å²) >= 11 is 0. The molecule has 4 rings (SSSR count). The molecule has 0 aliphatic carbocycles. The Morgan fingerprint density at radius 3 is 2.54 bits per heavy atom. The van der Waals surface area contributed by atoms with Crippen LogP contribution in [-0.2, 0) is 16.1 Å². The second-order valence-corrected chi connectivity index (χ2v) is 10.5. The zero-order valence-corrected chi connectivity index (χ0v) is 24.3. The first-order valence-corrected chi connectivity index (χ1v) is 13.8. The summed E-state index contributed by atoms with van der Waals surface area (Å²) in [6, 6.07) is 15.7.